The second kappa shape index (κ2) is 8.50. The molecular formula is C22H18Cl3FN2O2. The number of aromatic nitrogens is 2. The van der Waals surface area contributed by atoms with Crippen LogP contribution in [-0.2, 0) is 13.1 Å². The summed E-state index contributed by atoms with van der Waals surface area (Å²) in [6.45, 7) is 5.29. The standard InChI is InChI=1S/C22H18Cl3FN2O2/c1-13(14-5-4-6-15(23)9-14)12-30-19-10-16(18(26)11-17(19)24)20-21(25)27-7-2-3-8-28(27)22(20)29/h4-6,9-11H,1-3,7-8,12H2. The van der Waals surface area contributed by atoms with Crippen molar-refractivity contribution in [1.82, 2.24) is 9.36 Å². The fourth-order valence-corrected chi connectivity index (χ4v) is 4.29. The average molecular weight is 468 g/mol. The van der Waals surface area contributed by atoms with E-state index in [1.807, 2.05) is 12.1 Å². The molecule has 3 aromatic rings. The first-order chi connectivity index (χ1) is 14.4. The minimum atomic E-state index is -0.636. The summed E-state index contributed by atoms with van der Waals surface area (Å²) in [5.74, 6) is -0.399. The largest absolute Gasteiger partial charge is 0.487 e. The molecule has 2 heterocycles. The predicted molar refractivity (Wildman–Crippen MR) is 119 cm³/mol. The van der Waals surface area contributed by atoms with Gasteiger partial charge in [-0.2, -0.15) is 0 Å². The van der Waals surface area contributed by atoms with Crippen molar-refractivity contribution >= 4 is 40.4 Å². The molecule has 0 amide bonds. The molecule has 0 fully saturated rings. The number of benzene rings is 2. The molecule has 2 aromatic carbocycles. The van der Waals surface area contributed by atoms with Crippen molar-refractivity contribution in [3.63, 3.8) is 0 Å². The van der Waals surface area contributed by atoms with E-state index in [-0.39, 0.29) is 39.2 Å². The molecule has 156 valence electrons. The zero-order valence-corrected chi connectivity index (χ0v) is 18.2. The van der Waals surface area contributed by atoms with Crippen molar-refractivity contribution in [2.75, 3.05) is 6.61 Å². The summed E-state index contributed by atoms with van der Waals surface area (Å²) in [6.07, 6.45) is 1.79. The highest BCUT2D eigenvalue weighted by molar-refractivity contribution is 6.33. The highest BCUT2D eigenvalue weighted by Crippen LogP contribution is 2.36. The minimum Gasteiger partial charge on any atom is -0.487 e. The van der Waals surface area contributed by atoms with Crippen LogP contribution < -0.4 is 10.3 Å². The van der Waals surface area contributed by atoms with Crippen LogP contribution in [0.5, 0.6) is 5.75 Å². The van der Waals surface area contributed by atoms with Crippen LogP contribution in [0.3, 0.4) is 0 Å². The lowest BCUT2D eigenvalue weighted by atomic mass is 10.1. The molecular weight excluding hydrogens is 450 g/mol. The van der Waals surface area contributed by atoms with Gasteiger partial charge in [-0.05, 0) is 48.2 Å². The topological polar surface area (TPSA) is 36.2 Å². The SMILES string of the molecule is C=C(COc1cc(-c2c(Cl)n3n(c2=O)CCCC3)c(F)cc1Cl)c1cccc(Cl)c1. The molecule has 0 radical (unpaired) electrons. The Bertz CT molecular complexity index is 1200. The van der Waals surface area contributed by atoms with Gasteiger partial charge in [-0.1, -0.05) is 53.5 Å². The maximum Gasteiger partial charge on any atom is 0.276 e. The first kappa shape index (κ1) is 21.0. The third kappa shape index (κ3) is 3.89. The van der Waals surface area contributed by atoms with Crippen molar-refractivity contribution in [3.8, 4) is 16.9 Å². The van der Waals surface area contributed by atoms with E-state index in [1.165, 1.54) is 6.07 Å². The Morgan fingerprint density at radius 3 is 2.53 bits per heavy atom. The number of fused-ring (bicyclic) bond motifs is 1. The van der Waals surface area contributed by atoms with Crippen LogP contribution in [0.25, 0.3) is 16.7 Å². The summed E-state index contributed by atoms with van der Waals surface area (Å²) in [7, 11) is 0. The van der Waals surface area contributed by atoms with Crippen LogP contribution in [0.15, 0.2) is 47.8 Å². The van der Waals surface area contributed by atoms with Crippen molar-refractivity contribution in [3.05, 3.63) is 79.9 Å². The van der Waals surface area contributed by atoms with Gasteiger partial charge in [-0.15, -0.1) is 0 Å². The van der Waals surface area contributed by atoms with E-state index < -0.39 is 5.82 Å². The monoisotopic (exact) mass is 466 g/mol. The molecule has 0 unspecified atom stereocenters. The average Bonchev–Trinajstić information content (AvgIpc) is 2.98. The van der Waals surface area contributed by atoms with Gasteiger partial charge in [0.05, 0.1) is 10.6 Å². The van der Waals surface area contributed by atoms with Crippen molar-refractivity contribution in [2.45, 2.75) is 25.9 Å². The van der Waals surface area contributed by atoms with Crippen LogP contribution in [-0.4, -0.2) is 16.0 Å². The molecule has 0 saturated heterocycles. The zero-order valence-electron chi connectivity index (χ0n) is 15.9. The van der Waals surface area contributed by atoms with Crippen LogP contribution in [0.4, 0.5) is 4.39 Å². The van der Waals surface area contributed by atoms with Gasteiger partial charge in [0.2, 0.25) is 0 Å². The molecule has 4 rings (SSSR count). The minimum absolute atomic E-state index is 0.0622. The van der Waals surface area contributed by atoms with E-state index >= 15 is 0 Å². The summed E-state index contributed by atoms with van der Waals surface area (Å²) >= 11 is 18.6. The highest BCUT2D eigenvalue weighted by atomic mass is 35.5. The van der Waals surface area contributed by atoms with Crippen molar-refractivity contribution in [2.24, 2.45) is 0 Å². The first-order valence-electron chi connectivity index (χ1n) is 9.42. The number of nitrogens with zero attached hydrogens (tertiary/aromatic N) is 2. The van der Waals surface area contributed by atoms with Crippen LogP contribution in [0.2, 0.25) is 15.2 Å². The molecule has 0 atom stereocenters. The lowest BCUT2D eigenvalue weighted by Gasteiger charge is -2.17. The van der Waals surface area contributed by atoms with E-state index in [4.69, 9.17) is 39.5 Å². The van der Waals surface area contributed by atoms with E-state index in [0.717, 1.165) is 24.5 Å². The molecule has 1 aromatic heterocycles. The van der Waals surface area contributed by atoms with E-state index in [2.05, 4.69) is 6.58 Å². The highest BCUT2D eigenvalue weighted by Gasteiger charge is 2.25. The Balaban J connectivity index is 1.66. The Hall–Kier alpha value is -2.21. The summed E-state index contributed by atoms with van der Waals surface area (Å²) in [5, 5.41) is 0.897. The van der Waals surface area contributed by atoms with E-state index in [0.29, 0.717) is 23.7 Å². The number of halogens is 4. The van der Waals surface area contributed by atoms with Gasteiger partial charge in [0.1, 0.15) is 23.3 Å². The summed E-state index contributed by atoms with van der Waals surface area (Å²) in [4.78, 5) is 12.9. The maximum absolute atomic E-state index is 14.8. The van der Waals surface area contributed by atoms with E-state index in [1.54, 1.807) is 21.5 Å². The van der Waals surface area contributed by atoms with Gasteiger partial charge in [-0.3, -0.25) is 9.48 Å². The Labute approximate surface area is 188 Å². The molecule has 0 N–H and O–H groups in total. The summed E-state index contributed by atoms with van der Waals surface area (Å²) in [6, 6.07) is 9.76. The molecule has 4 nitrogen and oxygen atoms in total. The quantitative estimate of drug-likeness (QED) is 0.441. The fraction of sp³-hybridized carbons (Fsp3) is 0.227. The van der Waals surface area contributed by atoms with Gasteiger partial charge < -0.3 is 4.74 Å². The molecule has 1 aliphatic rings. The smallest absolute Gasteiger partial charge is 0.276 e. The number of hydrogen-bond acceptors (Lipinski definition) is 2. The van der Waals surface area contributed by atoms with Gasteiger partial charge in [0.25, 0.3) is 5.56 Å². The summed E-state index contributed by atoms with van der Waals surface area (Å²) < 4.78 is 23.8. The van der Waals surface area contributed by atoms with Gasteiger partial charge in [0.15, 0.2) is 0 Å². The lowest BCUT2D eigenvalue weighted by Crippen LogP contribution is -2.27. The van der Waals surface area contributed by atoms with Gasteiger partial charge >= 0.3 is 0 Å². The van der Waals surface area contributed by atoms with Crippen molar-refractivity contribution < 1.29 is 9.13 Å². The molecule has 0 bridgehead atoms. The normalized spacial score (nSPS) is 13.2. The Morgan fingerprint density at radius 2 is 1.83 bits per heavy atom. The molecule has 1 aliphatic heterocycles. The summed E-state index contributed by atoms with van der Waals surface area (Å²) in [5.41, 5.74) is 1.35. The molecule has 0 spiro atoms. The number of ether oxygens (including phenoxy) is 1. The first-order valence-corrected chi connectivity index (χ1v) is 10.5. The Kier molecular flexibility index (Phi) is 5.96. The molecule has 8 heteroatoms. The number of rotatable bonds is 5. The third-order valence-corrected chi connectivity index (χ3v) is 6.00. The number of hydrogen-bond donors (Lipinski definition) is 0. The van der Waals surface area contributed by atoms with Crippen molar-refractivity contribution in [1.29, 1.82) is 0 Å². The molecule has 30 heavy (non-hydrogen) atoms. The van der Waals surface area contributed by atoms with Crippen LogP contribution in [0, 0.1) is 5.82 Å². The predicted octanol–water partition coefficient (Wildman–Crippen LogP) is 6.30. The van der Waals surface area contributed by atoms with Gasteiger partial charge in [0, 0.05) is 23.7 Å². The van der Waals surface area contributed by atoms with Crippen LogP contribution >= 0.6 is 34.8 Å². The Morgan fingerprint density at radius 1 is 1.10 bits per heavy atom. The maximum atomic E-state index is 14.8. The fourth-order valence-electron chi connectivity index (χ4n) is 3.54. The van der Waals surface area contributed by atoms with Crippen LogP contribution in [0.1, 0.15) is 18.4 Å². The second-order valence-corrected chi connectivity index (χ2v) is 8.29. The zero-order chi connectivity index (χ0) is 21.4. The van der Waals surface area contributed by atoms with Gasteiger partial charge in [-0.25, -0.2) is 9.07 Å². The molecule has 0 saturated carbocycles. The second-order valence-electron chi connectivity index (χ2n) is 7.09. The third-order valence-electron chi connectivity index (χ3n) is 5.09. The van der Waals surface area contributed by atoms with E-state index in [9.17, 15) is 9.18 Å². The molecule has 0 aliphatic carbocycles. The lowest BCUT2D eigenvalue weighted by molar-refractivity contribution is 0.356.